The largest absolute Gasteiger partial charge is 0.380 e. The summed E-state index contributed by atoms with van der Waals surface area (Å²) in [4.78, 5) is 1.46. The Morgan fingerprint density at radius 2 is 2.12 bits per heavy atom. The molecule has 1 nitrogen and oxygen atoms in total. The normalized spacial score (nSPS) is 23.4. The Morgan fingerprint density at radius 3 is 2.88 bits per heavy atom. The van der Waals surface area contributed by atoms with Gasteiger partial charge in [-0.2, -0.15) is 0 Å². The van der Waals surface area contributed by atoms with Gasteiger partial charge in [-0.15, -0.1) is 11.8 Å². The number of hydrogen-bond donors (Lipinski definition) is 0. The molecule has 0 aromatic heterocycles. The van der Waals surface area contributed by atoms with Crippen molar-refractivity contribution in [1.29, 1.82) is 0 Å². The Morgan fingerprint density at radius 1 is 1.24 bits per heavy atom. The Labute approximate surface area is 108 Å². The lowest BCUT2D eigenvalue weighted by molar-refractivity contribution is 0.108. The summed E-state index contributed by atoms with van der Waals surface area (Å²) in [5.41, 5.74) is 1.50. The second-order valence-electron chi connectivity index (χ2n) is 5.21. The second kappa shape index (κ2) is 5.45. The molecule has 1 fully saturated rings. The molecule has 1 saturated carbocycles. The topological polar surface area (TPSA) is 9.23 Å². The van der Waals surface area contributed by atoms with Gasteiger partial charge in [0.1, 0.15) is 0 Å². The summed E-state index contributed by atoms with van der Waals surface area (Å²) in [7, 11) is 0. The molecule has 0 spiro atoms. The molecule has 1 atom stereocenters. The summed E-state index contributed by atoms with van der Waals surface area (Å²) in [6.07, 6.45) is 6.78. The van der Waals surface area contributed by atoms with Gasteiger partial charge in [0.25, 0.3) is 0 Å². The Bertz CT molecular complexity index is 348. The highest BCUT2D eigenvalue weighted by molar-refractivity contribution is 8.00. The lowest BCUT2D eigenvalue weighted by atomic mass is 9.83. The fraction of sp³-hybridized carbons (Fsp3) is 0.600. The van der Waals surface area contributed by atoms with Crippen molar-refractivity contribution in [1.82, 2.24) is 0 Å². The number of rotatable bonds is 5. The van der Waals surface area contributed by atoms with E-state index in [0.717, 1.165) is 19.1 Å². The molecule has 2 aliphatic rings. The van der Waals surface area contributed by atoms with Crippen molar-refractivity contribution in [2.24, 2.45) is 5.92 Å². The first-order chi connectivity index (χ1) is 8.42. The molecular weight excluding hydrogens is 228 g/mol. The standard InChI is InChI=1S/C15H20OS/c1-2-7-15-13(6-1)10-14(17-15)11-16-9-8-12-4-3-5-12/h1-2,6-7,12,14H,3-5,8-11H2. The van der Waals surface area contributed by atoms with Crippen molar-refractivity contribution in [2.45, 2.75) is 42.2 Å². The van der Waals surface area contributed by atoms with Crippen LogP contribution in [0.15, 0.2) is 29.2 Å². The molecule has 1 aliphatic heterocycles. The zero-order valence-electron chi connectivity index (χ0n) is 10.2. The van der Waals surface area contributed by atoms with Crippen molar-refractivity contribution >= 4 is 11.8 Å². The number of ether oxygens (including phenoxy) is 1. The monoisotopic (exact) mass is 248 g/mol. The van der Waals surface area contributed by atoms with Crippen LogP contribution in [0.4, 0.5) is 0 Å². The molecule has 0 N–H and O–H groups in total. The predicted molar refractivity (Wildman–Crippen MR) is 72.6 cm³/mol. The van der Waals surface area contributed by atoms with Crippen LogP contribution in [0, 0.1) is 5.92 Å². The predicted octanol–water partition coefficient (Wildman–Crippen LogP) is 3.91. The molecule has 0 radical (unpaired) electrons. The summed E-state index contributed by atoms with van der Waals surface area (Å²) < 4.78 is 5.83. The smallest absolute Gasteiger partial charge is 0.0591 e. The van der Waals surface area contributed by atoms with Gasteiger partial charge in [0.2, 0.25) is 0 Å². The molecule has 1 unspecified atom stereocenters. The molecule has 1 aromatic rings. The van der Waals surface area contributed by atoms with Crippen molar-refractivity contribution in [3.05, 3.63) is 29.8 Å². The van der Waals surface area contributed by atoms with Crippen molar-refractivity contribution < 1.29 is 4.74 Å². The quantitative estimate of drug-likeness (QED) is 0.731. The summed E-state index contributed by atoms with van der Waals surface area (Å²) in [5.74, 6) is 0.975. The lowest BCUT2D eigenvalue weighted by Crippen LogP contribution is -2.16. The first-order valence-electron chi connectivity index (χ1n) is 6.74. The zero-order chi connectivity index (χ0) is 11.5. The molecule has 0 saturated heterocycles. The van der Waals surface area contributed by atoms with E-state index in [2.05, 4.69) is 24.3 Å². The van der Waals surface area contributed by atoms with E-state index in [0.29, 0.717) is 5.25 Å². The third kappa shape index (κ3) is 2.86. The van der Waals surface area contributed by atoms with Crippen LogP contribution < -0.4 is 0 Å². The molecule has 0 amide bonds. The number of thioether (sulfide) groups is 1. The van der Waals surface area contributed by atoms with Crippen LogP contribution in [0.25, 0.3) is 0 Å². The summed E-state index contributed by atoms with van der Waals surface area (Å²) in [6.45, 7) is 1.89. The molecule has 2 heteroatoms. The highest BCUT2D eigenvalue weighted by Crippen LogP contribution is 2.36. The van der Waals surface area contributed by atoms with E-state index in [9.17, 15) is 0 Å². The van der Waals surface area contributed by atoms with Gasteiger partial charge in [-0.1, -0.05) is 37.5 Å². The molecule has 3 rings (SSSR count). The molecule has 1 aliphatic carbocycles. The first kappa shape index (κ1) is 11.6. The Balaban J connectivity index is 1.37. The van der Waals surface area contributed by atoms with Crippen LogP contribution in [-0.4, -0.2) is 18.5 Å². The maximum absolute atomic E-state index is 5.83. The highest BCUT2D eigenvalue weighted by atomic mass is 32.2. The molecular formula is C15H20OS. The minimum atomic E-state index is 0.647. The van der Waals surface area contributed by atoms with E-state index in [4.69, 9.17) is 4.74 Å². The van der Waals surface area contributed by atoms with Gasteiger partial charge in [-0.25, -0.2) is 0 Å². The molecule has 1 aromatic carbocycles. The molecule has 92 valence electrons. The van der Waals surface area contributed by atoms with E-state index in [1.165, 1.54) is 42.6 Å². The average molecular weight is 248 g/mol. The van der Waals surface area contributed by atoms with E-state index >= 15 is 0 Å². The minimum Gasteiger partial charge on any atom is -0.380 e. The average Bonchev–Trinajstić information content (AvgIpc) is 2.68. The maximum atomic E-state index is 5.83. The van der Waals surface area contributed by atoms with Crippen molar-refractivity contribution in [3.8, 4) is 0 Å². The Hall–Kier alpha value is -0.470. The van der Waals surface area contributed by atoms with Gasteiger partial charge >= 0.3 is 0 Å². The zero-order valence-corrected chi connectivity index (χ0v) is 11.0. The fourth-order valence-corrected chi connectivity index (χ4v) is 3.84. The lowest BCUT2D eigenvalue weighted by Gasteiger charge is -2.25. The first-order valence-corrected chi connectivity index (χ1v) is 7.62. The van der Waals surface area contributed by atoms with Crippen LogP contribution in [0.2, 0.25) is 0 Å². The van der Waals surface area contributed by atoms with Crippen LogP contribution in [-0.2, 0) is 11.2 Å². The van der Waals surface area contributed by atoms with Crippen LogP contribution in [0.3, 0.4) is 0 Å². The summed E-state index contributed by atoms with van der Waals surface area (Å²) in [5, 5.41) is 0.647. The van der Waals surface area contributed by atoms with Gasteiger partial charge in [-0.05, 0) is 30.4 Å². The second-order valence-corrected chi connectivity index (χ2v) is 6.55. The number of benzene rings is 1. The summed E-state index contributed by atoms with van der Waals surface area (Å²) >= 11 is 1.99. The SMILES string of the molecule is c1ccc2c(c1)CC(COCCC1CCC1)S2. The van der Waals surface area contributed by atoms with Gasteiger partial charge in [0.05, 0.1) is 6.61 Å². The third-order valence-corrected chi connectivity index (χ3v) is 5.20. The van der Waals surface area contributed by atoms with Gasteiger partial charge in [-0.3, -0.25) is 0 Å². The van der Waals surface area contributed by atoms with E-state index in [1.807, 2.05) is 11.8 Å². The maximum Gasteiger partial charge on any atom is 0.0591 e. The highest BCUT2D eigenvalue weighted by Gasteiger charge is 2.22. The van der Waals surface area contributed by atoms with Crippen LogP contribution >= 0.6 is 11.8 Å². The van der Waals surface area contributed by atoms with Gasteiger partial charge in [0, 0.05) is 16.8 Å². The van der Waals surface area contributed by atoms with E-state index in [1.54, 1.807) is 0 Å². The van der Waals surface area contributed by atoms with Crippen LogP contribution in [0.1, 0.15) is 31.2 Å². The van der Waals surface area contributed by atoms with Gasteiger partial charge in [0.15, 0.2) is 0 Å². The fourth-order valence-electron chi connectivity index (χ4n) is 2.59. The van der Waals surface area contributed by atoms with Crippen LogP contribution in [0.5, 0.6) is 0 Å². The molecule has 1 heterocycles. The van der Waals surface area contributed by atoms with E-state index in [-0.39, 0.29) is 0 Å². The van der Waals surface area contributed by atoms with Crippen molar-refractivity contribution in [3.63, 3.8) is 0 Å². The minimum absolute atomic E-state index is 0.647. The molecule has 0 bridgehead atoms. The summed E-state index contributed by atoms with van der Waals surface area (Å²) in [6, 6.07) is 8.75. The Kier molecular flexibility index (Phi) is 3.72. The number of fused-ring (bicyclic) bond motifs is 1. The van der Waals surface area contributed by atoms with Crippen molar-refractivity contribution in [2.75, 3.05) is 13.2 Å². The molecule has 17 heavy (non-hydrogen) atoms. The van der Waals surface area contributed by atoms with Gasteiger partial charge < -0.3 is 4.74 Å². The number of hydrogen-bond acceptors (Lipinski definition) is 2. The third-order valence-electron chi connectivity index (χ3n) is 3.91. The van der Waals surface area contributed by atoms with E-state index < -0.39 is 0 Å².